The molecule has 118 valence electrons. The number of methoxy groups -OCH3 is 1. The number of nitrogens with zero attached hydrogens (tertiary/aromatic N) is 3. The maximum absolute atomic E-state index is 12.6. The molecule has 0 radical (unpaired) electrons. The van der Waals surface area contributed by atoms with Crippen molar-refractivity contribution in [2.45, 2.75) is 11.8 Å². The van der Waals surface area contributed by atoms with E-state index in [4.69, 9.17) is 27.9 Å². The third kappa shape index (κ3) is 2.62. The predicted octanol–water partition coefficient (Wildman–Crippen LogP) is 2.65. The molecule has 0 atom stereocenters. The highest BCUT2D eigenvalue weighted by Crippen LogP contribution is 2.35. The maximum atomic E-state index is 12.6. The average molecular weight is 366 g/mol. The maximum Gasteiger partial charge on any atom is 0.358 e. The van der Waals surface area contributed by atoms with Crippen molar-refractivity contribution < 1.29 is 18.1 Å². The van der Waals surface area contributed by atoms with Crippen LogP contribution in [-0.4, -0.2) is 29.4 Å². The molecule has 0 aliphatic rings. The molecule has 0 aliphatic carbocycles. The van der Waals surface area contributed by atoms with Crippen LogP contribution in [0.1, 0.15) is 5.82 Å². The number of aromatic nitrogens is 2. The van der Waals surface area contributed by atoms with Gasteiger partial charge in [0, 0.05) is 13.0 Å². The Kier molecular flexibility index (Phi) is 4.32. The second-order valence-corrected chi connectivity index (χ2v) is 6.68. The molecule has 0 aliphatic heterocycles. The topological polar surface area (TPSA) is 104 Å². The van der Waals surface area contributed by atoms with E-state index >= 15 is 0 Å². The second-order valence-electron chi connectivity index (χ2n) is 4.11. The van der Waals surface area contributed by atoms with Crippen LogP contribution < -0.4 is 4.74 Å². The molecular weight excluding hydrogens is 357 g/mol. The molecule has 2 aromatic rings. The number of hydrogen-bond acceptors (Lipinski definition) is 6. The van der Waals surface area contributed by atoms with Crippen molar-refractivity contribution in [2.75, 3.05) is 7.11 Å². The van der Waals surface area contributed by atoms with Gasteiger partial charge in [0.15, 0.2) is 0 Å². The molecule has 22 heavy (non-hydrogen) atoms. The lowest BCUT2D eigenvalue weighted by Gasteiger charge is -2.09. The van der Waals surface area contributed by atoms with Gasteiger partial charge in [-0.1, -0.05) is 27.2 Å². The van der Waals surface area contributed by atoms with E-state index in [2.05, 4.69) is 4.98 Å². The molecule has 0 bridgehead atoms. The van der Waals surface area contributed by atoms with E-state index in [0.717, 1.165) is 12.3 Å². The van der Waals surface area contributed by atoms with Crippen LogP contribution in [0.3, 0.4) is 0 Å². The number of halogens is 2. The van der Waals surface area contributed by atoms with Gasteiger partial charge in [-0.2, -0.15) is 8.42 Å². The second kappa shape index (κ2) is 5.75. The van der Waals surface area contributed by atoms with Gasteiger partial charge in [-0.3, -0.25) is 0 Å². The van der Waals surface area contributed by atoms with E-state index in [1.807, 2.05) is 0 Å². The van der Waals surface area contributed by atoms with E-state index < -0.39 is 20.8 Å². The zero-order valence-corrected chi connectivity index (χ0v) is 13.6. The van der Waals surface area contributed by atoms with E-state index in [0.29, 0.717) is 3.97 Å². The van der Waals surface area contributed by atoms with Gasteiger partial charge in [-0.15, -0.1) is 0 Å². The van der Waals surface area contributed by atoms with Gasteiger partial charge in [0.25, 0.3) is 0 Å². The Hall–Kier alpha value is -1.84. The van der Waals surface area contributed by atoms with Crippen molar-refractivity contribution in [3.8, 4) is 5.75 Å². The number of aryl methyl sites for hydroxylation is 1. The van der Waals surface area contributed by atoms with E-state index in [1.165, 1.54) is 20.1 Å². The van der Waals surface area contributed by atoms with Gasteiger partial charge in [0.2, 0.25) is 5.82 Å². The van der Waals surface area contributed by atoms with Crippen LogP contribution in [0.5, 0.6) is 5.75 Å². The lowest BCUT2D eigenvalue weighted by Crippen LogP contribution is -2.17. The summed E-state index contributed by atoms with van der Waals surface area (Å²) in [7, 11) is -3.00. The molecule has 0 fully saturated rings. The highest BCUT2D eigenvalue weighted by atomic mass is 35.5. The minimum atomic E-state index is -4.34. The van der Waals surface area contributed by atoms with Gasteiger partial charge < -0.3 is 14.9 Å². The molecule has 1 aromatic heterocycles. The molecule has 0 saturated heterocycles. The minimum Gasteiger partial charge on any atom is -0.495 e. The molecule has 0 spiro atoms. The first kappa shape index (κ1) is 16.5. The lowest BCUT2D eigenvalue weighted by molar-refractivity contribution is -0.390. The summed E-state index contributed by atoms with van der Waals surface area (Å²) in [6.45, 7) is 1.32. The Morgan fingerprint density at radius 2 is 1.95 bits per heavy atom. The number of rotatable bonds is 4. The van der Waals surface area contributed by atoms with Gasteiger partial charge in [-0.25, -0.2) is 4.98 Å². The Morgan fingerprint density at radius 3 is 2.50 bits per heavy atom. The van der Waals surface area contributed by atoms with E-state index in [1.54, 1.807) is 0 Å². The molecular formula is C11H9Cl2N3O5S. The molecule has 0 unspecified atom stereocenters. The first-order valence-electron chi connectivity index (χ1n) is 5.67. The van der Waals surface area contributed by atoms with Crippen LogP contribution in [0, 0.1) is 17.0 Å². The fraction of sp³-hybridized carbons (Fsp3) is 0.182. The highest BCUT2D eigenvalue weighted by molar-refractivity contribution is 7.90. The van der Waals surface area contributed by atoms with E-state index in [9.17, 15) is 18.5 Å². The number of imidazole rings is 1. The van der Waals surface area contributed by atoms with Gasteiger partial charge in [0.1, 0.15) is 16.8 Å². The van der Waals surface area contributed by atoms with Crippen LogP contribution in [0.15, 0.2) is 23.2 Å². The Bertz CT molecular complexity index is 863. The van der Waals surface area contributed by atoms with Crippen molar-refractivity contribution in [2.24, 2.45) is 0 Å². The largest absolute Gasteiger partial charge is 0.495 e. The van der Waals surface area contributed by atoms with Crippen molar-refractivity contribution in [1.29, 1.82) is 0 Å². The van der Waals surface area contributed by atoms with Gasteiger partial charge in [-0.05, 0) is 11.0 Å². The Balaban J connectivity index is 2.74. The monoisotopic (exact) mass is 365 g/mol. The molecule has 0 N–H and O–H groups in total. The number of nitro groups is 1. The summed E-state index contributed by atoms with van der Waals surface area (Å²) in [6, 6.07) is 2.29. The summed E-state index contributed by atoms with van der Waals surface area (Å²) >= 11 is 11.8. The van der Waals surface area contributed by atoms with Gasteiger partial charge in [0.05, 0.1) is 17.2 Å². The first-order chi connectivity index (χ1) is 10.2. The van der Waals surface area contributed by atoms with Crippen LogP contribution in [0.25, 0.3) is 0 Å². The SMILES string of the molecule is COc1cc(Cl)c(S(=O)(=O)n2c([N+](=O)[O-])cnc2C)cc1Cl. The molecule has 0 saturated carbocycles. The minimum absolute atomic E-state index is 0.00546. The lowest BCUT2D eigenvalue weighted by atomic mass is 10.3. The van der Waals surface area contributed by atoms with Crippen molar-refractivity contribution >= 4 is 39.0 Å². The third-order valence-corrected chi connectivity index (χ3v) is 5.33. The normalized spacial score (nSPS) is 11.5. The third-order valence-electron chi connectivity index (χ3n) is 2.78. The summed E-state index contributed by atoms with van der Waals surface area (Å²) in [5.41, 5.74) is 0. The van der Waals surface area contributed by atoms with E-state index in [-0.39, 0.29) is 26.5 Å². The summed E-state index contributed by atoms with van der Waals surface area (Å²) in [4.78, 5) is 13.4. The molecule has 1 heterocycles. The fourth-order valence-electron chi connectivity index (χ4n) is 1.80. The summed E-state index contributed by atoms with van der Waals surface area (Å²) < 4.78 is 30.7. The molecule has 1 aromatic carbocycles. The van der Waals surface area contributed by atoms with Crippen molar-refractivity contribution in [3.05, 3.63) is 44.3 Å². The zero-order valence-electron chi connectivity index (χ0n) is 11.3. The van der Waals surface area contributed by atoms with Gasteiger partial charge >= 0.3 is 15.8 Å². The average Bonchev–Trinajstić information content (AvgIpc) is 2.83. The fourth-order valence-corrected chi connectivity index (χ4v) is 4.08. The Morgan fingerprint density at radius 1 is 1.32 bits per heavy atom. The standard InChI is InChI=1S/C11H9Cl2N3O5S/c1-6-14-5-11(16(17)18)15(6)22(19,20)10-4-7(12)9(21-2)3-8(10)13/h3-5H,1-2H3. The number of benzene rings is 1. The summed E-state index contributed by atoms with van der Waals surface area (Å²) in [5, 5.41) is 10.8. The van der Waals surface area contributed by atoms with Crippen LogP contribution in [0.4, 0.5) is 5.82 Å². The number of hydrogen-bond donors (Lipinski definition) is 0. The van der Waals surface area contributed by atoms with Crippen LogP contribution in [0.2, 0.25) is 10.0 Å². The summed E-state index contributed by atoms with van der Waals surface area (Å²) in [5.74, 6) is -0.585. The molecule has 0 amide bonds. The first-order valence-corrected chi connectivity index (χ1v) is 7.87. The molecule has 8 nitrogen and oxygen atoms in total. The van der Waals surface area contributed by atoms with Crippen molar-refractivity contribution in [3.63, 3.8) is 0 Å². The highest BCUT2D eigenvalue weighted by Gasteiger charge is 2.33. The zero-order chi connectivity index (χ0) is 16.7. The summed E-state index contributed by atoms with van der Waals surface area (Å²) in [6.07, 6.45) is 0.853. The predicted molar refractivity (Wildman–Crippen MR) is 79.2 cm³/mol. The van der Waals surface area contributed by atoms with Crippen LogP contribution >= 0.6 is 23.2 Å². The molecule has 11 heteroatoms. The Labute approximate surface area is 135 Å². The van der Waals surface area contributed by atoms with Crippen LogP contribution in [-0.2, 0) is 10.0 Å². The molecule has 2 rings (SSSR count). The van der Waals surface area contributed by atoms with Crippen molar-refractivity contribution in [1.82, 2.24) is 8.96 Å². The number of ether oxygens (including phenoxy) is 1. The smallest absolute Gasteiger partial charge is 0.358 e. The quantitative estimate of drug-likeness (QED) is 0.609.